The quantitative estimate of drug-likeness (QED) is 0.611. The molecule has 0 aromatic rings. The zero-order valence-corrected chi connectivity index (χ0v) is 9.58. The van der Waals surface area contributed by atoms with Crippen molar-refractivity contribution in [2.24, 2.45) is 0 Å². The topological polar surface area (TPSA) is 50.7 Å². The van der Waals surface area contributed by atoms with E-state index in [1.807, 2.05) is 0 Å². The van der Waals surface area contributed by atoms with Crippen LogP contribution in [0.3, 0.4) is 0 Å². The summed E-state index contributed by atoms with van der Waals surface area (Å²) in [5.74, 6) is 0. The van der Waals surface area contributed by atoms with Crippen molar-refractivity contribution >= 4 is 0 Å². The zero-order chi connectivity index (χ0) is 10.9. The van der Waals surface area contributed by atoms with Crippen LogP contribution in [0.4, 0.5) is 0 Å². The highest BCUT2D eigenvalue weighted by molar-refractivity contribution is 4.79. The third-order valence-corrected chi connectivity index (χ3v) is 2.81. The Hall–Kier alpha value is -0.160. The lowest BCUT2D eigenvalue weighted by atomic mass is 9.93. The molecule has 15 heavy (non-hydrogen) atoms. The largest absolute Gasteiger partial charge is 0.392 e. The minimum Gasteiger partial charge on any atom is -0.392 e. The van der Waals surface area contributed by atoms with Crippen LogP contribution in [0.25, 0.3) is 0 Å². The van der Waals surface area contributed by atoms with E-state index >= 15 is 0 Å². The van der Waals surface area contributed by atoms with Gasteiger partial charge in [0.15, 0.2) is 0 Å². The van der Waals surface area contributed by atoms with E-state index in [1.165, 1.54) is 6.42 Å². The van der Waals surface area contributed by atoms with Crippen LogP contribution in [0.1, 0.15) is 25.7 Å². The van der Waals surface area contributed by atoms with Gasteiger partial charge in [-0.15, -0.1) is 0 Å². The molecule has 0 unspecified atom stereocenters. The molecule has 0 saturated heterocycles. The predicted molar refractivity (Wildman–Crippen MR) is 59.0 cm³/mol. The molecule has 0 heterocycles. The van der Waals surface area contributed by atoms with Gasteiger partial charge in [0.05, 0.1) is 25.9 Å². The summed E-state index contributed by atoms with van der Waals surface area (Å²) < 4.78 is 10.2. The first-order chi connectivity index (χ1) is 7.34. The van der Waals surface area contributed by atoms with Gasteiger partial charge in [0.2, 0.25) is 0 Å². The number of aliphatic hydroxyl groups excluding tert-OH is 1. The molecule has 1 fully saturated rings. The maximum absolute atomic E-state index is 9.69. The summed E-state index contributed by atoms with van der Waals surface area (Å²) in [4.78, 5) is 0. The minimum atomic E-state index is -0.169. The first kappa shape index (κ1) is 12.9. The average molecular weight is 217 g/mol. The summed E-state index contributed by atoms with van der Waals surface area (Å²) in [6.45, 7) is 2.79. The van der Waals surface area contributed by atoms with Crippen LogP contribution in [0.15, 0.2) is 0 Å². The number of hydrogen-bond acceptors (Lipinski definition) is 4. The lowest BCUT2D eigenvalue weighted by Crippen LogP contribution is -2.43. The number of nitrogens with one attached hydrogen (secondary N) is 1. The molecular formula is C11H23NO3. The SMILES string of the molecule is COCCOCCN[C@H]1CCCC[C@@H]1O. The van der Waals surface area contributed by atoms with Crippen LogP contribution < -0.4 is 5.32 Å². The summed E-state index contributed by atoms with van der Waals surface area (Å²) in [6, 6.07) is 0.268. The first-order valence-electron chi connectivity index (χ1n) is 5.82. The summed E-state index contributed by atoms with van der Waals surface area (Å²) in [7, 11) is 1.67. The smallest absolute Gasteiger partial charge is 0.0700 e. The monoisotopic (exact) mass is 217 g/mol. The number of aliphatic hydroxyl groups is 1. The van der Waals surface area contributed by atoms with Gasteiger partial charge in [-0.05, 0) is 12.8 Å². The number of rotatable bonds is 7. The molecular weight excluding hydrogens is 194 g/mol. The molecule has 4 nitrogen and oxygen atoms in total. The molecule has 0 aliphatic heterocycles. The van der Waals surface area contributed by atoms with Crippen molar-refractivity contribution in [3.8, 4) is 0 Å². The molecule has 0 aromatic heterocycles. The Bertz CT molecular complexity index is 155. The maximum Gasteiger partial charge on any atom is 0.0700 e. The highest BCUT2D eigenvalue weighted by Crippen LogP contribution is 2.17. The molecule has 1 rings (SSSR count). The molecule has 0 radical (unpaired) electrons. The van der Waals surface area contributed by atoms with Gasteiger partial charge in [-0.1, -0.05) is 12.8 Å². The third kappa shape index (κ3) is 5.47. The highest BCUT2D eigenvalue weighted by atomic mass is 16.5. The van der Waals surface area contributed by atoms with Crippen molar-refractivity contribution in [2.75, 3.05) is 33.5 Å². The van der Waals surface area contributed by atoms with Gasteiger partial charge in [0.25, 0.3) is 0 Å². The average Bonchev–Trinajstić information content (AvgIpc) is 2.25. The van der Waals surface area contributed by atoms with Crippen LogP contribution in [0.2, 0.25) is 0 Å². The van der Waals surface area contributed by atoms with E-state index in [-0.39, 0.29) is 12.1 Å². The molecule has 0 aromatic carbocycles. The standard InChI is InChI=1S/C11H23NO3/c1-14-8-9-15-7-6-12-10-4-2-3-5-11(10)13/h10-13H,2-9H2,1H3/t10-,11-/m0/s1. The summed E-state index contributed by atoms with van der Waals surface area (Å²) in [5.41, 5.74) is 0. The Morgan fingerprint density at radius 3 is 2.73 bits per heavy atom. The van der Waals surface area contributed by atoms with Crippen LogP contribution in [-0.2, 0) is 9.47 Å². The Morgan fingerprint density at radius 1 is 1.20 bits per heavy atom. The van der Waals surface area contributed by atoms with E-state index in [0.717, 1.165) is 25.8 Å². The van der Waals surface area contributed by atoms with Crippen molar-refractivity contribution in [2.45, 2.75) is 37.8 Å². The number of hydrogen-bond donors (Lipinski definition) is 2. The molecule has 0 bridgehead atoms. The van der Waals surface area contributed by atoms with Crippen molar-refractivity contribution in [3.05, 3.63) is 0 Å². The fourth-order valence-corrected chi connectivity index (χ4v) is 1.91. The Labute approximate surface area is 92.0 Å². The normalized spacial score (nSPS) is 26.8. The van der Waals surface area contributed by atoms with Gasteiger partial charge < -0.3 is 19.9 Å². The van der Waals surface area contributed by atoms with Gasteiger partial charge in [-0.3, -0.25) is 0 Å². The second-order valence-corrected chi connectivity index (χ2v) is 4.02. The van der Waals surface area contributed by atoms with E-state index in [4.69, 9.17) is 9.47 Å². The van der Waals surface area contributed by atoms with E-state index in [0.29, 0.717) is 19.8 Å². The predicted octanol–water partition coefficient (Wildman–Crippen LogP) is 0.542. The fourth-order valence-electron chi connectivity index (χ4n) is 1.91. The van der Waals surface area contributed by atoms with Crippen LogP contribution >= 0.6 is 0 Å². The lowest BCUT2D eigenvalue weighted by molar-refractivity contribution is 0.0598. The van der Waals surface area contributed by atoms with Crippen molar-refractivity contribution in [1.82, 2.24) is 5.32 Å². The molecule has 1 aliphatic rings. The second kappa shape index (κ2) is 8.05. The van der Waals surface area contributed by atoms with Crippen molar-refractivity contribution in [3.63, 3.8) is 0 Å². The highest BCUT2D eigenvalue weighted by Gasteiger charge is 2.21. The fraction of sp³-hybridized carbons (Fsp3) is 1.00. The molecule has 1 saturated carbocycles. The van der Waals surface area contributed by atoms with E-state index in [2.05, 4.69) is 5.32 Å². The number of methoxy groups -OCH3 is 1. The molecule has 4 heteroatoms. The van der Waals surface area contributed by atoms with E-state index in [1.54, 1.807) is 7.11 Å². The summed E-state index contributed by atoms with van der Waals surface area (Å²) in [5, 5.41) is 13.0. The van der Waals surface area contributed by atoms with E-state index in [9.17, 15) is 5.11 Å². The molecule has 90 valence electrons. The molecule has 2 atom stereocenters. The van der Waals surface area contributed by atoms with Gasteiger partial charge in [0, 0.05) is 19.7 Å². The number of ether oxygens (including phenoxy) is 2. The molecule has 0 amide bonds. The van der Waals surface area contributed by atoms with Gasteiger partial charge in [-0.25, -0.2) is 0 Å². The van der Waals surface area contributed by atoms with Gasteiger partial charge in [-0.2, -0.15) is 0 Å². The maximum atomic E-state index is 9.69. The van der Waals surface area contributed by atoms with E-state index < -0.39 is 0 Å². The second-order valence-electron chi connectivity index (χ2n) is 4.02. The van der Waals surface area contributed by atoms with Crippen LogP contribution in [0.5, 0.6) is 0 Å². The Balaban J connectivity index is 1.94. The van der Waals surface area contributed by atoms with Crippen LogP contribution in [0, 0.1) is 0 Å². The molecule has 0 spiro atoms. The Morgan fingerprint density at radius 2 is 2.00 bits per heavy atom. The van der Waals surface area contributed by atoms with Gasteiger partial charge >= 0.3 is 0 Å². The molecule has 1 aliphatic carbocycles. The molecule has 2 N–H and O–H groups in total. The van der Waals surface area contributed by atoms with Gasteiger partial charge in [0.1, 0.15) is 0 Å². The summed E-state index contributed by atoms with van der Waals surface area (Å²) in [6.07, 6.45) is 4.22. The van der Waals surface area contributed by atoms with Crippen LogP contribution in [-0.4, -0.2) is 50.7 Å². The van der Waals surface area contributed by atoms with Crippen molar-refractivity contribution in [1.29, 1.82) is 0 Å². The Kier molecular flexibility index (Phi) is 6.92. The first-order valence-corrected chi connectivity index (χ1v) is 5.82. The zero-order valence-electron chi connectivity index (χ0n) is 9.58. The van der Waals surface area contributed by atoms with Crippen molar-refractivity contribution < 1.29 is 14.6 Å². The minimum absolute atomic E-state index is 0.169. The lowest BCUT2D eigenvalue weighted by Gasteiger charge is -2.28. The third-order valence-electron chi connectivity index (χ3n) is 2.81. The summed E-state index contributed by atoms with van der Waals surface area (Å²) >= 11 is 0.